The van der Waals surface area contributed by atoms with Gasteiger partial charge in [-0.25, -0.2) is 5.06 Å². The Bertz CT molecular complexity index is 1060. The van der Waals surface area contributed by atoms with Crippen LogP contribution in [0.25, 0.3) is 5.70 Å². The number of aliphatic hydroxyl groups excluding tert-OH is 1. The van der Waals surface area contributed by atoms with Gasteiger partial charge < -0.3 is 14.6 Å². The zero-order valence-electron chi connectivity index (χ0n) is 16.3. The number of hydrogen-bond acceptors (Lipinski definition) is 7. The van der Waals surface area contributed by atoms with Crippen LogP contribution in [-0.4, -0.2) is 54.6 Å². The Hall–Kier alpha value is -2.28. The van der Waals surface area contributed by atoms with Gasteiger partial charge in [0, 0.05) is 24.8 Å². The minimum Gasteiger partial charge on any atom is -0.394 e. The van der Waals surface area contributed by atoms with E-state index in [1.165, 1.54) is 16.0 Å². The lowest BCUT2D eigenvalue weighted by Crippen LogP contribution is -2.50. The van der Waals surface area contributed by atoms with E-state index in [4.69, 9.17) is 15.9 Å². The number of hydroxylamine groups is 2. The molecule has 0 radical (unpaired) electrons. The Morgan fingerprint density at radius 2 is 2.13 bits per heavy atom. The predicted molar refractivity (Wildman–Crippen MR) is 106 cm³/mol. The number of carbonyl (C=O) groups is 1. The molecule has 1 aromatic heterocycles. The quantitative estimate of drug-likeness (QED) is 0.664. The van der Waals surface area contributed by atoms with Gasteiger partial charge in [-0.3, -0.25) is 4.79 Å². The van der Waals surface area contributed by atoms with E-state index in [-0.39, 0.29) is 12.1 Å². The molecule has 1 amide bonds. The van der Waals surface area contributed by atoms with E-state index in [0.717, 1.165) is 24.2 Å². The van der Waals surface area contributed by atoms with Crippen LogP contribution in [0.5, 0.6) is 0 Å². The van der Waals surface area contributed by atoms with Crippen molar-refractivity contribution in [2.45, 2.75) is 31.7 Å². The van der Waals surface area contributed by atoms with Crippen molar-refractivity contribution in [2.75, 3.05) is 12.9 Å². The van der Waals surface area contributed by atoms with Gasteiger partial charge in [0.2, 0.25) is 0 Å². The summed E-state index contributed by atoms with van der Waals surface area (Å²) >= 11 is 7.11. The molecule has 1 aromatic carbocycles. The lowest BCUT2D eigenvalue weighted by atomic mass is 10.0. The van der Waals surface area contributed by atoms with Crippen LogP contribution in [0.15, 0.2) is 24.4 Å². The number of aliphatic hydroxyl groups is 1. The number of fused-ring (bicyclic) bond motifs is 1. The van der Waals surface area contributed by atoms with Crippen molar-refractivity contribution in [2.24, 2.45) is 0 Å². The third kappa shape index (κ3) is 3.77. The first-order chi connectivity index (χ1) is 14.7. The minimum absolute atomic E-state index is 0.158. The Morgan fingerprint density at radius 1 is 1.39 bits per heavy atom. The van der Waals surface area contributed by atoms with Crippen LogP contribution in [0.4, 0.5) is 13.2 Å². The lowest BCUT2D eigenvalue weighted by molar-refractivity contribution is -0.137. The normalized spacial score (nSPS) is 20.5. The molecule has 166 valence electrons. The number of amides is 1. The van der Waals surface area contributed by atoms with Gasteiger partial charge in [-0.05, 0) is 19.1 Å². The van der Waals surface area contributed by atoms with Gasteiger partial charge in [-0.15, -0.1) is 10.2 Å². The second kappa shape index (κ2) is 8.01. The molecule has 31 heavy (non-hydrogen) atoms. The van der Waals surface area contributed by atoms with E-state index in [0.29, 0.717) is 17.3 Å². The fourth-order valence-corrected chi connectivity index (χ4v) is 4.25. The molecular weight excluding hydrogens is 459 g/mol. The summed E-state index contributed by atoms with van der Waals surface area (Å²) in [6, 6.07) is 1.80. The number of hydrogen-bond donors (Lipinski definition) is 1. The highest BCUT2D eigenvalue weighted by Gasteiger charge is 2.42. The van der Waals surface area contributed by atoms with Gasteiger partial charge in [-0.1, -0.05) is 17.7 Å². The van der Waals surface area contributed by atoms with Gasteiger partial charge in [0.15, 0.2) is 11.6 Å². The number of aromatic nitrogens is 3. The van der Waals surface area contributed by atoms with E-state index in [9.17, 15) is 23.1 Å². The molecule has 2 aliphatic rings. The van der Waals surface area contributed by atoms with Crippen molar-refractivity contribution in [1.29, 1.82) is 0 Å². The van der Waals surface area contributed by atoms with Gasteiger partial charge in [0.1, 0.15) is 5.70 Å². The molecule has 0 fully saturated rings. The zero-order chi connectivity index (χ0) is 22.5. The highest BCUT2D eigenvalue weighted by Crippen LogP contribution is 2.40. The second-order valence-corrected chi connectivity index (χ2v) is 7.82. The Kier molecular flexibility index (Phi) is 5.66. The van der Waals surface area contributed by atoms with Gasteiger partial charge in [0.05, 0.1) is 41.0 Å². The summed E-state index contributed by atoms with van der Waals surface area (Å²) in [6.45, 7) is 1.42. The van der Waals surface area contributed by atoms with Crippen LogP contribution in [0.1, 0.15) is 40.5 Å². The minimum atomic E-state index is -4.70. The van der Waals surface area contributed by atoms with E-state index in [1.807, 2.05) is 0 Å². The van der Waals surface area contributed by atoms with Gasteiger partial charge in [-0.2, -0.15) is 17.5 Å². The van der Waals surface area contributed by atoms with Crippen LogP contribution >= 0.6 is 23.6 Å². The van der Waals surface area contributed by atoms with E-state index in [1.54, 1.807) is 23.9 Å². The summed E-state index contributed by atoms with van der Waals surface area (Å²) in [4.78, 5) is 14.5. The summed E-state index contributed by atoms with van der Waals surface area (Å²) in [6.07, 6.45) is -1.23. The first-order valence-electron chi connectivity index (χ1n) is 9.13. The number of carbonyl (C=O) groups excluding carboxylic acids is 1. The summed E-state index contributed by atoms with van der Waals surface area (Å²) in [7, 11) is 0. The van der Waals surface area contributed by atoms with Crippen molar-refractivity contribution >= 4 is 35.2 Å². The molecule has 13 heteroatoms. The maximum atomic E-state index is 13.2. The molecule has 0 aliphatic carbocycles. The molecule has 2 unspecified atom stereocenters. The molecule has 2 aromatic rings. The molecule has 4 rings (SSSR count). The largest absolute Gasteiger partial charge is 0.417 e. The molecular formula is C18H17ClF3N5O3S. The van der Waals surface area contributed by atoms with Crippen LogP contribution < -0.4 is 0 Å². The highest BCUT2D eigenvalue weighted by atomic mass is 35.5. The molecule has 0 saturated carbocycles. The van der Waals surface area contributed by atoms with Crippen molar-refractivity contribution in [1.82, 2.24) is 24.7 Å². The predicted octanol–water partition coefficient (Wildman–Crippen LogP) is 3.35. The van der Waals surface area contributed by atoms with Crippen LogP contribution in [0.3, 0.4) is 0 Å². The smallest absolute Gasteiger partial charge is 0.394 e. The average molecular weight is 476 g/mol. The van der Waals surface area contributed by atoms with Crippen molar-refractivity contribution < 1.29 is 27.4 Å². The Labute approximate surface area is 184 Å². The van der Waals surface area contributed by atoms with Crippen LogP contribution in [-0.2, 0) is 17.0 Å². The van der Waals surface area contributed by atoms with Gasteiger partial charge >= 0.3 is 6.18 Å². The van der Waals surface area contributed by atoms with Crippen molar-refractivity contribution in [3.8, 4) is 0 Å². The van der Waals surface area contributed by atoms with E-state index < -0.39 is 41.4 Å². The molecule has 2 atom stereocenters. The lowest BCUT2D eigenvalue weighted by Gasteiger charge is -2.40. The molecule has 0 spiro atoms. The molecule has 3 heterocycles. The molecule has 0 bridgehead atoms. The third-order valence-corrected chi connectivity index (χ3v) is 5.85. The summed E-state index contributed by atoms with van der Waals surface area (Å²) in [5.74, 6) is 0.225. The van der Waals surface area contributed by atoms with Crippen LogP contribution in [0.2, 0.25) is 5.02 Å². The van der Waals surface area contributed by atoms with Gasteiger partial charge in [0.25, 0.3) is 5.91 Å². The fraction of sp³-hybridized carbons (Fsp3) is 0.389. The van der Waals surface area contributed by atoms with Crippen molar-refractivity contribution in [3.05, 3.63) is 52.2 Å². The molecule has 8 nitrogen and oxygen atoms in total. The first kappa shape index (κ1) is 21.9. The third-order valence-electron chi connectivity index (χ3n) is 5.13. The average Bonchev–Trinajstić information content (AvgIpc) is 3.34. The highest BCUT2D eigenvalue weighted by molar-refractivity contribution is 7.93. The Morgan fingerprint density at radius 3 is 2.77 bits per heavy atom. The maximum Gasteiger partial charge on any atom is 0.417 e. The van der Waals surface area contributed by atoms with Crippen molar-refractivity contribution in [3.63, 3.8) is 0 Å². The number of nitrogens with zero attached hydrogens (tertiary/aromatic N) is 5. The van der Waals surface area contributed by atoms with E-state index in [2.05, 4.69) is 10.2 Å². The summed E-state index contributed by atoms with van der Waals surface area (Å²) in [5, 5.41) is 19.1. The van der Waals surface area contributed by atoms with E-state index >= 15 is 0 Å². The SMILES string of the molecule is CSON1C=C1c1nnc2n1CC(CO)N(C(=O)c1cccc(C(F)(F)F)c1Cl)C2C. The topological polar surface area (TPSA) is 83.5 Å². The number of halogens is 4. The monoisotopic (exact) mass is 475 g/mol. The maximum absolute atomic E-state index is 13.2. The summed E-state index contributed by atoms with van der Waals surface area (Å²) < 4.78 is 46.7. The van der Waals surface area contributed by atoms with Crippen LogP contribution in [0, 0.1) is 0 Å². The summed E-state index contributed by atoms with van der Waals surface area (Å²) in [5.41, 5.74) is -0.692. The number of benzene rings is 1. The fourth-order valence-electron chi connectivity index (χ4n) is 3.66. The standard InChI is InChI=1S/C18H17ClF3N5O3S/c1-9-15-23-24-16(13-7-26(13)30-31-2)25(15)6-10(8-28)27(9)17(29)11-4-3-5-12(14(11)19)18(20,21)22/h3-5,7,9-10,28H,6,8H2,1-2H3. The number of alkyl halides is 3. The second-order valence-electron chi connectivity index (χ2n) is 6.96. The Balaban J connectivity index is 1.68. The zero-order valence-corrected chi connectivity index (χ0v) is 17.9. The first-order valence-corrected chi connectivity index (χ1v) is 10.7. The molecule has 1 N–H and O–H groups in total. The number of rotatable bonds is 5. The molecule has 0 saturated heterocycles. The molecule has 2 aliphatic heterocycles.